The fourth-order valence-electron chi connectivity index (χ4n) is 3.77. The summed E-state index contributed by atoms with van der Waals surface area (Å²) in [5.41, 5.74) is 5.39. The zero-order chi connectivity index (χ0) is 30.6. The van der Waals surface area contributed by atoms with Crippen molar-refractivity contribution in [3.05, 3.63) is 35.9 Å². The van der Waals surface area contributed by atoms with Crippen molar-refractivity contribution in [3.63, 3.8) is 0 Å². The average Bonchev–Trinajstić information content (AvgIpc) is 2.84. The number of rotatable bonds is 14. The summed E-state index contributed by atoms with van der Waals surface area (Å²) in [6, 6.07) is 5.96. The highest BCUT2D eigenvalue weighted by atomic mass is 16.6. The van der Waals surface area contributed by atoms with Crippen molar-refractivity contribution in [2.45, 2.75) is 97.7 Å². The van der Waals surface area contributed by atoms with Gasteiger partial charge in [0.15, 0.2) is 6.04 Å². The Bertz CT molecular complexity index is 1010. The van der Waals surface area contributed by atoms with Gasteiger partial charge in [-0.1, -0.05) is 51.1 Å². The first kappa shape index (κ1) is 34.4. The maximum Gasteiger partial charge on any atom is 0.408 e. The van der Waals surface area contributed by atoms with Gasteiger partial charge in [0, 0.05) is 12.5 Å². The van der Waals surface area contributed by atoms with Crippen molar-refractivity contribution in [2.24, 2.45) is 17.6 Å². The van der Waals surface area contributed by atoms with Gasteiger partial charge >= 0.3 is 6.09 Å². The highest BCUT2D eigenvalue weighted by Crippen LogP contribution is 2.16. The van der Waals surface area contributed by atoms with Crippen LogP contribution in [0.15, 0.2) is 30.3 Å². The molecule has 0 radical (unpaired) electrons. The van der Waals surface area contributed by atoms with E-state index in [1.54, 1.807) is 34.6 Å². The minimum Gasteiger partial charge on any atom is -0.444 e. The van der Waals surface area contributed by atoms with E-state index in [1.807, 2.05) is 44.2 Å². The molecule has 12 heteroatoms. The van der Waals surface area contributed by atoms with Crippen molar-refractivity contribution in [3.8, 4) is 0 Å². The van der Waals surface area contributed by atoms with E-state index in [1.165, 1.54) is 0 Å². The zero-order valence-electron chi connectivity index (χ0n) is 24.4. The van der Waals surface area contributed by atoms with E-state index in [0.29, 0.717) is 13.0 Å². The van der Waals surface area contributed by atoms with Gasteiger partial charge in [0.05, 0.1) is 12.1 Å². The smallest absolute Gasteiger partial charge is 0.408 e. The number of carbonyl (C=O) groups is 5. The molecule has 224 valence electrons. The number of ether oxygens (including phenoxy) is 1. The van der Waals surface area contributed by atoms with Crippen LogP contribution in [0, 0.1) is 11.8 Å². The van der Waals surface area contributed by atoms with Gasteiger partial charge in [0.25, 0.3) is 5.91 Å². The van der Waals surface area contributed by atoms with E-state index in [-0.39, 0.29) is 18.2 Å². The van der Waals surface area contributed by atoms with Crippen LogP contribution in [0.25, 0.3) is 0 Å². The predicted molar refractivity (Wildman–Crippen MR) is 149 cm³/mol. The Morgan fingerprint density at radius 1 is 0.875 bits per heavy atom. The summed E-state index contributed by atoms with van der Waals surface area (Å²) >= 11 is 0. The van der Waals surface area contributed by atoms with Crippen molar-refractivity contribution >= 4 is 29.7 Å². The Balaban J connectivity index is 2.77. The molecule has 40 heavy (non-hydrogen) atoms. The summed E-state index contributed by atoms with van der Waals surface area (Å²) in [7, 11) is 0. The summed E-state index contributed by atoms with van der Waals surface area (Å²) in [5, 5.41) is 21.1. The molecule has 0 aliphatic rings. The van der Waals surface area contributed by atoms with E-state index in [9.17, 15) is 29.1 Å². The van der Waals surface area contributed by atoms with Crippen LogP contribution < -0.4 is 27.0 Å². The lowest BCUT2D eigenvalue weighted by Crippen LogP contribution is -2.58. The molecule has 0 spiro atoms. The fourth-order valence-corrected chi connectivity index (χ4v) is 3.77. The first-order chi connectivity index (χ1) is 18.5. The maximum absolute atomic E-state index is 12.9. The molecule has 0 fully saturated rings. The SMILES string of the molecule is CC(C)C[C@H](NC(=O)[C@@H](NC(=O)OC(C)(C)C)C(N)=O)C(O)CC(C)C(=O)N[C@@H](C)C(=O)NCc1ccccc1. The summed E-state index contributed by atoms with van der Waals surface area (Å²) in [6.45, 7) is 12.1. The number of nitrogens with two attached hydrogens (primary N) is 1. The highest BCUT2D eigenvalue weighted by molar-refractivity contribution is 6.05. The van der Waals surface area contributed by atoms with Crippen LogP contribution in [0.2, 0.25) is 0 Å². The minimum atomic E-state index is -1.73. The van der Waals surface area contributed by atoms with Crippen LogP contribution in [0.4, 0.5) is 4.79 Å². The Hall–Kier alpha value is -3.67. The number of primary amides is 1. The van der Waals surface area contributed by atoms with Gasteiger partial charge in [-0.2, -0.15) is 0 Å². The number of aliphatic hydroxyl groups is 1. The van der Waals surface area contributed by atoms with Gasteiger partial charge in [-0.25, -0.2) is 4.79 Å². The molecule has 7 N–H and O–H groups in total. The van der Waals surface area contributed by atoms with E-state index in [0.717, 1.165) is 5.56 Å². The quantitative estimate of drug-likeness (QED) is 0.183. The second kappa shape index (κ2) is 15.8. The predicted octanol–water partition coefficient (Wildman–Crippen LogP) is 1.10. The van der Waals surface area contributed by atoms with Gasteiger partial charge in [-0.05, 0) is 52.0 Å². The summed E-state index contributed by atoms with van der Waals surface area (Å²) in [4.78, 5) is 62.1. The zero-order valence-corrected chi connectivity index (χ0v) is 24.4. The molecule has 0 aromatic heterocycles. The monoisotopic (exact) mass is 563 g/mol. The number of benzene rings is 1. The van der Waals surface area contributed by atoms with Crippen molar-refractivity contribution in [1.82, 2.24) is 21.3 Å². The van der Waals surface area contributed by atoms with Crippen LogP contribution in [0.5, 0.6) is 0 Å². The molecule has 5 amide bonds. The number of hydrogen-bond acceptors (Lipinski definition) is 7. The normalized spacial score (nSPS) is 15.1. The van der Waals surface area contributed by atoms with Gasteiger partial charge < -0.3 is 36.8 Å². The van der Waals surface area contributed by atoms with Gasteiger partial charge in [0.2, 0.25) is 17.7 Å². The largest absolute Gasteiger partial charge is 0.444 e. The fraction of sp³-hybridized carbons (Fsp3) is 0.607. The third kappa shape index (κ3) is 12.9. The molecule has 0 bridgehead atoms. The third-order valence-corrected chi connectivity index (χ3v) is 5.83. The molecule has 1 rings (SSSR count). The summed E-state index contributed by atoms with van der Waals surface area (Å²) in [5.74, 6) is -3.50. The Morgan fingerprint density at radius 2 is 1.48 bits per heavy atom. The number of aliphatic hydroxyl groups excluding tert-OH is 1. The second-order valence-electron chi connectivity index (χ2n) is 11.4. The first-order valence-electron chi connectivity index (χ1n) is 13.4. The van der Waals surface area contributed by atoms with E-state index in [2.05, 4.69) is 21.3 Å². The van der Waals surface area contributed by atoms with E-state index < -0.39 is 59.6 Å². The Kier molecular flexibility index (Phi) is 13.6. The molecular formula is C28H45N5O7. The number of nitrogens with one attached hydrogen (secondary N) is 4. The molecule has 2 unspecified atom stereocenters. The molecule has 12 nitrogen and oxygen atoms in total. The Morgan fingerprint density at radius 3 is 2.00 bits per heavy atom. The van der Waals surface area contributed by atoms with E-state index in [4.69, 9.17) is 10.5 Å². The van der Waals surface area contributed by atoms with Crippen molar-refractivity contribution in [1.29, 1.82) is 0 Å². The molecule has 0 aliphatic carbocycles. The molecule has 1 aromatic rings. The maximum atomic E-state index is 12.9. The molecule has 0 heterocycles. The van der Waals surface area contributed by atoms with Crippen LogP contribution in [0.1, 0.15) is 66.9 Å². The number of alkyl carbamates (subject to hydrolysis) is 1. The molecule has 5 atom stereocenters. The van der Waals surface area contributed by atoms with Crippen LogP contribution >= 0.6 is 0 Å². The number of carbonyl (C=O) groups excluding carboxylic acids is 5. The first-order valence-corrected chi connectivity index (χ1v) is 13.4. The van der Waals surface area contributed by atoms with Gasteiger partial charge in [0.1, 0.15) is 11.6 Å². The molecule has 0 saturated heterocycles. The molecular weight excluding hydrogens is 518 g/mol. The molecule has 1 aromatic carbocycles. The lowest BCUT2D eigenvalue weighted by atomic mass is 9.92. The standard InChI is InChI=1S/C28H45N5O7/c1-16(2)13-20(32-26(38)22(23(29)35)33-27(39)40-28(5,6)7)21(34)14-17(3)24(36)31-18(4)25(37)30-15-19-11-9-8-10-12-19/h8-12,16-18,20-22,34H,13-15H2,1-7H3,(H2,29,35)(H,30,37)(H,31,36)(H,32,38)(H,33,39)/t17?,18-,20-,21?,22-/m0/s1. The minimum absolute atomic E-state index is 0.0308. The van der Waals surface area contributed by atoms with Crippen LogP contribution in [0.3, 0.4) is 0 Å². The highest BCUT2D eigenvalue weighted by Gasteiger charge is 2.33. The van der Waals surface area contributed by atoms with Crippen molar-refractivity contribution in [2.75, 3.05) is 0 Å². The second-order valence-corrected chi connectivity index (χ2v) is 11.4. The average molecular weight is 564 g/mol. The van der Waals surface area contributed by atoms with Gasteiger partial charge in [-0.15, -0.1) is 0 Å². The van der Waals surface area contributed by atoms with E-state index >= 15 is 0 Å². The van der Waals surface area contributed by atoms with Crippen LogP contribution in [-0.2, 0) is 30.5 Å². The van der Waals surface area contributed by atoms with Gasteiger partial charge in [-0.3, -0.25) is 19.2 Å². The summed E-state index contributed by atoms with van der Waals surface area (Å²) in [6.07, 6.45) is -1.90. The summed E-state index contributed by atoms with van der Waals surface area (Å²) < 4.78 is 5.09. The Labute approximate surface area is 236 Å². The lowest BCUT2D eigenvalue weighted by Gasteiger charge is -2.29. The van der Waals surface area contributed by atoms with Crippen LogP contribution in [-0.4, -0.2) is 64.7 Å². The number of hydrogen-bond donors (Lipinski definition) is 6. The third-order valence-electron chi connectivity index (χ3n) is 5.83. The molecule has 0 aliphatic heterocycles. The topological polar surface area (TPSA) is 189 Å². The lowest BCUT2D eigenvalue weighted by molar-refractivity contribution is -0.132. The molecule has 0 saturated carbocycles. The van der Waals surface area contributed by atoms with Crippen molar-refractivity contribution < 1.29 is 33.8 Å². The number of amides is 5.